The molecular formula is C20H22N2O3. The molecule has 1 aliphatic rings. The number of likely N-dealkylation sites (N-methyl/N-ethyl adjacent to an activating group) is 1. The molecule has 0 aliphatic heterocycles. The molecule has 1 amide bonds. The molecule has 0 aromatic heterocycles. The van der Waals surface area contributed by atoms with Gasteiger partial charge in [-0.15, -0.1) is 0 Å². The van der Waals surface area contributed by atoms with Crippen molar-refractivity contribution in [2.24, 2.45) is 0 Å². The van der Waals surface area contributed by atoms with Crippen LogP contribution >= 0.6 is 0 Å². The molecule has 2 N–H and O–H groups in total. The van der Waals surface area contributed by atoms with E-state index in [-0.39, 0.29) is 24.9 Å². The molecule has 0 fully saturated rings. The predicted octanol–water partition coefficient (Wildman–Crippen LogP) is 2.70. The Bertz CT molecular complexity index is 743. The first kappa shape index (κ1) is 17.2. The molecule has 130 valence electrons. The summed E-state index contributed by atoms with van der Waals surface area (Å²) in [4.78, 5) is 23.4. The fourth-order valence-corrected chi connectivity index (χ4v) is 3.28. The molecule has 5 heteroatoms. The van der Waals surface area contributed by atoms with E-state index in [0.29, 0.717) is 0 Å². The zero-order chi connectivity index (χ0) is 17.8. The van der Waals surface area contributed by atoms with E-state index in [2.05, 4.69) is 34.9 Å². The Kier molecular flexibility index (Phi) is 5.14. The van der Waals surface area contributed by atoms with Crippen LogP contribution in [0.2, 0.25) is 0 Å². The molecule has 0 bridgehead atoms. The van der Waals surface area contributed by atoms with E-state index >= 15 is 0 Å². The van der Waals surface area contributed by atoms with E-state index in [1.165, 1.54) is 29.2 Å². The molecule has 0 saturated heterocycles. The zero-order valence-electron chi connectivity index (χ0n) is 14.4. The summed E-state index contributed by atoms with van der Waals surface area (Å²) in [5.41, 5.74) is 4.74. The van der Waals surface area contributed by atoms with Crippen LogP contribution in [0.5, 0.6) is 0 Å². The summed E-state index contributed by atoms with van der Waals surface area (Å²) in [6.45, 7) is 1.97. The van der Waals surface area contributed by atoms with Crippen molar-refractivity contribution in [3.63, 3.8) is 0 Å². The summed E-state index contributed by atoms with van der Waals surface area (Å²) < 4.78 is 5.43. The van der Waals surface area contributed by atoms with Gasteiger partial charge >= 0.3 is 6.09 Å². The Labute approximate surface area is 147 Å². The highest BCUT2D eigenvalue weighted by atomic mass is 16.5. The van der Waals surface area contributed by atoms with Crippen molar-refractivity contribution >= 4 is 11.9 Å². The minimum Gasteiger partial charge on any atom is -0.449 e. The maximum atomic E-state index is 12.0. The second-order valence-electron chi connectivity index (χ2n) is 6.16. The standard InChI is InChI=1S/C20H22N2O3/c1-13(23)19(21-2)11-22-20(24)25-12-18-16-9-5-3-7-14(16)15-8-4-6-10-17(15)18/h3-10,18-19,21H,11-12H2,1-2H3,(H,22,24). The van der Waals surface area contributed by atoms with Gasteiger partial charge in [0.15, 0.2) is 0 Å². The van der Waals surface area contributed by atoms with Crippen molar-refractivity contribution in [3.05, 3.63) is 59.7 Å². The number of carbonyl (C=O) groups is 2. The average Bonchev–Trinajstić information content (AvgIpc) is 2.94. The number of Topliss-reactive ketones (excluding diaryl/α,β-unsaturated/α-hetero) is 1. The van der Waals surface area contributed by atoms with E-state index in [1.807, 2.05) is 24.3 Å². The third-order valence-corrected chi connectivity index (χ3v) is 4.63. The third-order valence-electron chi connectivity index (χ3n) is 4.63. The lowest BCUT2D eigenvalue weighted by Gasteiger charge is -2.16. The Morgan fingerprint density at radius 2 is 1.60 bits per heavy atom. The van der Waals surface area contributed by atoms with Crippen LogP contribution in [-0.2, 0) is 9.53 Å². The summed E-state index contributed by atoms with van der Waals surface area (Å²) in [6, 6.07) is 16.0. The molecule has 2 aromatic carbocycles. The lowest BCUT2D eigenvalue weighted by Crippen LogP contribution is -2.43. The number of hydrogen-bond donors (Lipinski definition) is 2. The summed E-state index contributed by atoms with van der Waals surface area (Å²) in [6.07, 6.45) is -0.511. The van der Waals surface area contributed by atoms with E-state index in [4.69, 9.17) is 4.74 Å². The smallest absolute Gasteiger partial charge is 0.407 e. The monoisotopic (exact) mass is 338 g/mol. The van der Waals surface area contributed by atoms with Crippen molar-refractivity contribution in [2.45, 2.75) is 18.9 Å². The van der Waals surface area contributed by atoms with Crippen LogP contribution in [0, 0.1) is 0 Å². The van der Waals surface area contributed by atoms with Gasteiger partial charge in [0.2, 0.25) is 0 Å². The van der Waals surface area contributed by atoms with Gasteiger partial charge in [0, 0.05) is 12.5 Å². The van der Waals surface area contributed by atoms with Crippen LogP contribution in [0.3, 0.4) is 0 Å². The number of hydrogen-bond acceptors (Lipinski definition) is 4. The minimum absolute atomic E-state index is 0.0264. The number of amides is 1. The summed E-state index contributed by atoms with van der Waals surface area (Å²) in [5.74, 6) is 0.00695. The third kappa shape index (κ3) is 3.56. The number of ether oxygens (including phenoxy) is 1. The molecule has 1 atom stereocenters. The Hall–Kier alpha value is -2.66. The van der Waals surface area contributed by atoms with Gasteiger partial charge in [-0.2, -0.15) is 0 Å². The Morgan fingerprint density at radius 1 is 1.04 bits per heavy atom. The van der Waals surface area contributed by atoms with E-state index in [9.17, 15) is 9.59 Å². The van der Waals surface area contributed by atoms with Crippen LogP contribution in [0.4, 0.5) is 4.79 Å². The van der Waals surface area contributed by atoms with Gasteiger partial charge in [0.1, 0.15) is 12.4 Å². The maximum absolute atomic E-state index is 12.0. The van der Waals surface area contributed by atoms with Gasteiger partial charge in [-0.05, 0) is 36.2 Å². The second kappa shape index (κ2) is 7.49. The van der Waals surface area contributed by atoms with Crippen LogP contribution in [0.25, 0.3) is 11.1 Å². The molecule has 1 unspecified atom stereocenters. The fraction of sp³-hybridized carbons (Fsp3) is 0.300. The van der Waals surface area contributed by atoms with E-state index in [0.717, 1.165) is 0 Å². The number of rotatable bonds is 6. The van der Waals surface area contributed by atoms with Gasteiger partial charge in [-0.1, -0.05) is 48.5 Å². The number of carbonyl (C=O) groups excluding carboxylic acids is 2. The zero-order valence-corrected chi connectivity index (χ0v) is 14.4. The molecule has 0 saturated carbocycles. The summed E-state index contributed by atoms with van der Waals surface area (Å²) in [5, 5.41) is 5.50. The van der Waals surface area contributed by atoms with Crippen LogP contribution in [0.1, 0.15) is 24.0 Å². The molecule has 0 radical (unpaired) electrons. The molecule has 2 aromatic rings. The summed E-state index contributed by atoms with van der Waals surface area (Å²) in [7, 11) is 1.69. The van der Waals surface area contributed by atoms with Gasteiger partial charge in [0.25, 0.3) is 0 Å². The first-order valence-electron chi connectivity index (χ1n) is 8.38. The average molecular weight is 338 g/mol. The molecule has 3 rings (SSSR count). The number of alkyl carbamates (subject to hydrolysis) is 1. The van der Waals surface area contributed by atoms with Gasteiger partial charge in [-0.25, -0.2) is 4.79 Å². The number of ketones is 1. The lowest BCUT2D eigenvalue weighted by atomic mass is 9.98. The van der Waals surface area contributed by atoms with Gasteiger partial charge in [-0.3, -0.25) is 4.79 Å². The first-order valence-corrected chi connectivity index (χ1v) is 8.38. The summed E-state index contributed by atoms with van der Waals surface area (Å²) >= 11 is 0. The van der Waals surface area contributed by atoms with Gasteiger partial charge in [0.05, 0.1) is 6.04 Å². The van der Waals surface area contributed by atoms with Crippen molar-refractivity contribution in [1.82, 2.24) is 10.6 Å². The van der Waals surface area contributed by atoms with Gasteiger partial charge < -0.3 is 15.4 Å². The number of benzene rings is 2. The van der Waals surface area contributed by atoms with Crippen LogP contribution < -0.4 is 10.6 Å². The van der Waals surface area contributed by atoms with Crippen molar-refractivity contribution in [1.29, 1.82) is 0 Å². The van der Waals surface area contributed by atoms with E-state index < -0.39 is 12.1 Å². The van der Waals surface area contributed by atoms with Crippen LogP contribution in [0.15, 0.2) is 48.5 Å². The highest BCUT2D eigenvalue weighted by molar-refractivity contribution is 5.82. The largest absolute Gasteiger partial charge is 0.449 e. The van der Waals surface area contributed by atoms with Crippen molar-refractivity contribution < 1.29 is 14.3 Å². The molecule has 5 nitrogen and oxygen atoms in total. The highest BCUT2D eigenvalue weighted by Gasteiger charge is 2.29. The predicted molar refractivity (Wildman–Crippen MR) is 96.6 cm³/mol. The maximum Gasteiger partial charge on any atom is 0.407 e. The Balaban J connectivity index is 1.65. The number of fused-ring (bicyclic) bond motifs is 3. The second-order valence-corrected chi connectivity index (χ2v) is 6.16. The van der Waals surface area contributed by atoms with Crippen LogP contribution in [-0.4, -0.2) is 38.1 Å². The first-order chi connectivity index (χ1) is 12.1. The molecule has 0 spiro atoms. The lowest BCUT2D eigenvalue weighted by molar-refractivity contribution is -0.118. The molecule has 0 heterocycles. The normalized spacial score (nSPS) is 13.7. The van der Waals surface area contributed by atoms with Crippen molar-refractivity contribution in [2.75, 3.05) is 20.2 Å². The SMILES string of the molecule is CNC(CNC(=O)OCC1c2ccccc2-c2ccccc21)C(C)=O. The Morgan fingerprint density at radius 3 is 2.12 bits per heavy atom. The van der Waals surface area contributed by atoms with Crippen molar-refractivity contribution in [3.8, 4) is 11.1 Å². The molecular weight excluding hydrogens is 316 g/mol. The quantitative estimate of drug-likeness (QED) is 0.850. The van der Waals surface area contributed by atoms with E-state index in [1.54, 1.807) is 7.05 Å². The fourth-order valence-electron chi connectivity index (χ4n) is 3.28. The minimum atomic E-state index is -0.511. The topological polar surface area (TPSA) is 67.4 Å². The molecule has 25 heavy (non-hydrogen) atoms. The molecule has 1 aliphatic carbocycles. The number of nitrogens with one attached hydrogen (secondary N) is 2. The highest BCUT2D eigenvalue weighted by Crippen LogP contribution is 2.44.